The second kappa shape index (κ2) is 5.17. The minimum absolute atomic E-state index is 0.114. The normalized spacial score (nSPS) is 16.0. The highest BCUT2D eigenvalue weighted by atomic mass is 16.1. The van der Waals surface area contributed by atoms with Crippen LogP contribution in [0.25, 0.3) is 0 Å². The molecule has 0 saturated heterocycles. The van der Waals surface area contributed by atoms with Gasteiger partial charge in [-0.3, -0.25) is 4.79 Å². The van der Waals surface area contributed by atoms with Crippen molar-refractivity contribution in [1.82, 2.24) is 0 Å². The first-order chi connectivity index (χ1) is 10.1. The molecule has 0 amide bonds. The average Bonchev–Trinajstić information content (AvgIpc) is 3.08. The van der Waals surface area contributed by atoms with Gasteiger partial charge in [0.05, 0.1) is 0 Å². The van der Waals surface area contributed by atoms with Gasteiger partial charge >= 0.3 is 0 Å². The van der Waals surface area contributed by atoms with Crippen LogP contribution in [-0.4, -0.2) is 5.78 Å². The summed E-state index contributed by atoms with van der Waals surface area (Å²) in [7, 11) is 0. The number of hydrogen-bond donors (Lipinski definition) is 0. The van der Waals surface area contributed by atoms with E-state index in [1.54, 1.807) is 0 Å². The van der Waals surface area contributed by atoms with Gasteiger partial charge in [0.15, 0.2) is 5.78 Å². The lowest BCUT2D eigenvalue weighted by Crippen LogP contribution is -2.06. The van der Waals surface area contributed by atoms with Crippen LogP contribution in [0.3, 0.4) is 0 Å². The molecular weight excluding hydrogens is 256 g/mol. The summed E-state index contributed by atoms with van der Waals surface area (Å²) in [6.07, 6.45) is 14.1. The molecule has 0 heterocycles. The monoisotopic (exact) mass is 274 g/mol. The fourth-order valence-corrected chi connectivity index (χ4v) is 3.01. The fraction of sp³-hybridized carbons (Fsp3) is 0.150. The van der Waals surface area contributed by atoms with Crippen molar-refractivity contribution in [3.8, 4) is 0 Å². The van der Waals surface area contributed by atoms with E-state index in [4.69, 9.17) is 0 Å². The molecule has 0 aromatic heterocycles. The SMILES string of the molecule is Cc1cc(C)c(C(=O)C2=CC(=C3C=CC=C3)C=C2)c(C)c1. The molecule has 0 radical (unpaired) electrons. The van der Waals surface area contributed by atoms with Crippen molar-refractivity contribution in [3.05, 3.63) is 93.6 Å². The van der Waals surface area contributed by atoms with E-state index in [9.17, 15) is 4.79 Å². The number of hydrogen-bond acceptors (Lipinski definition) is 1. The number of allylic oxidation sites excluding steroid dienone is 10. The van der Waals surface area contributed by atoms with Gasteiger partial charge < -0.3 is 0 Å². The van der Waals surface area contributed by atoms with Crippen molar-refractivity contribution < 1.29 is 4.79 Å². The third-order valence-electron chi connectivity index (χ3n) is 3.92. The number of carbonyl (C=O) groups is 1. The van der Waals surface area contributed by atoms with Crippen molar-refractivity contribution in [2.45, 2.75) is 20.8 Å². The van der Waals surface area contributed by atoms with Gasteiger partial charge in [0.25, 0.3) is 0 Å². The minimum Gasteiger partial charge on any atom is -0.289 e. The van der Waals surface area contributed by atoms with Crippen LogP contribution in [0.5, 0.6) is 0 Å². The summed E-state index contributed by atoms with van der Waals surface area (Å²) in [6.45, 7) is 6.08. The van der Waals surface area contributed by atoms with E-state index in [0.717, 1.165) is 33.4 Å². The van der Waals surface area contributed by atoms with Gasteiger partial charge in [-0.15, -0.1) is 0 Å². The summed E-state index contributed by atoms with van der Waals surface area (Å²) in [5.74, 6) is 0.114. The highest BCUT2D eigenvalue weighted by Gasteiger charge is 2.18. The maximum Gasteiger partial charge on any atom is 0.193 e. The van der Waals surface area contributed by atoms with Crippen molar-refractivity contribution in [2.75, 3.05) is 0 Å². The van der Waals surface area contributed by atoms with Gasteiger partial charge in [0.2, 0.25) is 0 Å². The Balaban J connectivity index is 2.00. The van der Waals surface area contributed by atoms with Crippen molar-refractivity contribution in [2.24, 2.45) is 0 Å². The second-order valence-electron chi connectivity index (χ2n) is 5.66. The van der Waals surface area contributed by atoms with E-state index in [0.29, 0.717) is 0 Å². The van der Waals surface area contributed by atoms with Crippen LogP contribution in [-0.2, 0) is 0 Å². The van der Waals surface area contributed by atoms with Crippen LogP contribution in [0.2, 0.25) is 0 Å². The molecule has 0 N–H and O–H groups in total. The molecular formula is C20H18O. The molecule has 0 spiro atoms. The van der Waals surface area contributed by atoms with E-state index in [-0.39, 0.29) is 5.78 Å². The van der Waals surface area contributed by atoms with Gasteiger partial charge in [-0.25, -0.2) is 0 Å². The lowest BCUT2D eigenvalue weighted by Gasteiger charge is -2.10. The molecule has 21 heavy (non-hydrogen) atoms. The Morgan fingerprint density at radius 2 is 1.43 bits per heavy atom. The number of ketones is 1. The van der Waals surface area contributed by atoms with Crippen LogP contribution >= 0.6 is 0 Å². The van der Waals surface area contributed by atoms with E-state index >= 15 is 0 Å². The number of aryl methyl sites for hydroxylation is 3. The Hall–Kier alpha value is -2.41. The number of rotatable bonds is 2. The molecule has 104 valence electrons. The van der Waals surface area contributed by atoms with Crippen LogP contribution < -0.4 is 0 Å². The molecule has 1 nitrogen and oxygen atoms in total. The predicted octanol–water partition coefficient (Wildman–Crippen LogP) is 4.71. The summed E-state index contributed by atoms with van der Waals surface area (Å²) in [6, 6.07) is 4.14. The Bertz CT molecular complexity index is 743. The van der Waals surface area contributed by atoms with Gasteiger partial charge in [-0.05, 0) is 49.1 Å². The summed E-state index contributed by atoms with van der Waals surface area (Å²) < 4.78 is 0. The Morgan fingerprint density at radius 3 is 2.05 bits per heavy atom. The Morgan fingerprint density at radius 1 is 0.810 bits per heavy atom. The van der Waals surface area contributed by atoms with E-state index < -0.39 is 0 Å². The smallest absolute Gasteiger partial charge is 0.193 e. The first kappa shape index (κ1) is 13.6. The molecule has 2 aliphatic rings. The Labute approximate surface area is 125 Å². The summed E-state index contributed by atoms with van der Waals surface area (Å²) >= 11 is 0. The highest BCUT2D eigenvalue weighted by Crippen LogP contribution is 2.27. The lowest BCUT2D eigenvalue weighted by atomic mass is 9.93. The molecule has 1 aromatic carbocycles. The molecule has 0 saturated carbocycles. The lowest BCUT2D eigenvalue weighted by molar-refractivity contribution is 0.103. The van der Waals surface area contributed by atoms with Gasteiger partial charge in [-0.2, -0.15) is 0 Å². The molecule has 0 bridgehead atoms. The van der Waals surface area contributed by atoms with Gasteiger partial charge in [0, 0.05) is 11.1 Å². The zero-order valence-electron chi connectivity index (χ0n) is 12.6. The number of benzene rings is 1. The average molecular weight is 274 g/mol. The first-order valence-electron chi connectivity index (χ1n) is 7.17. The van der Waals surface area contributed by atoms with E-state index in [2.05, 4.69) is 31.2 Å². The highest BCUT2D eigenvalue weighted by molar-refractivity contribution is 6.13. The standard InChI is InChI=1S/C20H18O/c1-13-10-14(2)19(15(3)11-13)20(21)18-9-8-17(12-18)16-6-4-5-7-16/h4-12H,1-3H3. The molecule has 1 aromatic rings. The summed E-state index contributed by atoms with van der Waals surface area (Å²) in [4.78, 5) is 12.8. The molecule has 0 fully saturated rings. The first-order valence-corrected chi connectivity index (χ1v) is 7.17. The molecule has 2 aliphatic carbocycles. The Kier molecular flexibility index (Phi) is 3.34. The predicted molar refractivity (Wildman–Crippen MR) is 87.5 cm³/mol. The number of Topliss-reactive ketones (excluding diaryl/α,β-unsaturated/α-hetero) is 1. The molecule has 3 rings (SSSR count). The van der Waals surface area contributed by atoms with Gasteiger partial charge in [-0.1, -0.05) is 54.2 Å². The van der Waals surface area contributed by atoms with Crippen molar-refractivity contribution in [3.63, 3.8) is 0 Å². The topological polar surface area (TPSA) is 17.1 Å². The zero-order valence-corrected chi connectivity index (χ0v) is 12.6. The van der Waals surface area contributed by atoms with E-state index in [1.165, 1.54) is 5.56 Å². The van der Waals surface area contributed by atoms with Crippen LogP contribution in [0.1, 0.15) is 27.0 Å². The number of carbonyl (C=O) groups excluding carboxylic acids is 1. The van der Waals surface area contributed by atoms with Crippen molar-refractivity contribution in [1.29, 1.82) is 0 Å². The summed E-state index contributed by atoms with van der Waals surface area (Å²) in [5, 5.41) is 0. The molecule has 0 aliphatic heterocycles. The van der Waals surface area contributed by atoms with Crippen LogP contribution in [0, 0.1) is 20.8 Å². The zero-order chi connectivity index (χ0) is 15.0. The maximum atomic E-state index is 12.8. The maximum absolute atomic E-state index is 12.8. The van der Waals surface area contributed by atoms with E-state index in [1.807, 2.05) is 44.2 Å². The molecule has 0 atom stereocenters. The quantitative estimate of drug-likeness (QED) is 0.714. The summed E-state index contributed by atoms with van der Waals surface area (Å²) in [5.41, 5.74) is 7.15. The van der Waals surface area contributed by atoms with Crippen LogP contribution in [0.4, 0.5) is 0 Å². The second-order valence-corrected chi connectivity index (χ2v) is 5.66. The fourth-order valence-electron chi connectivity index (χ4n) is 3.01. The third-order valence-corrected chi connectivity index (χ3v) is 3.92. The third kappa shape index (κ3) is 2.47. The van der Waals surface area contributed by atoms with Crippen LogP contribution in [0.15, 0.2) is 71.4 Å². The molecule has 1 heteroatoms. The molecule has 0 unspecified atom stereocenters. The van der Waals surface area contributed by atoms with Crippen molar-refractivity contribution >= 4 is 5.78 Å². The minimum atomic E-state index is 0.114. The largest absolute Gasteiger partial charge is 0.289 e. The van der Waals surface area contributed by atoms with Gasteiger partial charge in [0.1, 0.15) is 0 Å².